The number of carbonyl (C=O) groups excluding carboxylic acids is 2. The van der Waals surface area contributed by atoms with Gasteiger partial charge in [-0.15, -0.1) is 0 Å². The summed E-state index contributed by atoms with van der Waals surface area (Å²) >= 11 is 0. The first-order chi connectivity index (χ1) is 15.4. The molecule has 0 unspecified atom stereocenters. The third kappa shape index (κ3) is 4.90. The molecular formula is C24H29N5O3. The van der Waals surface area contributed by atoms with Crippen LogP contribution in [-0.2, 0) is 0 Å². The minimum absolute atomic E-state index is 0.110. The number of aromatic nitrogens is 3. The molecule has 0 aliphatic heterocycles. The van der Waals surface area contributed by atoms with Crippen LogP contribution in [0.15, 0.2) is 40.9 Å². The van der Waals surface area contributed by atoms with Crippen LogP contribution in [0.25, 0.3) is 22.7 Å². The summed E-state index contributed by atoms with van der Waals surface area (Å²) in [6.07, 6.45) is 5.45. The predicted octanol–water partition coefficient (Wildman–Crippen LogP) is 4.18. The van der Waals surface area contributed by atoms with Crippen molar-refractivity contribution in [1.29, 1.82) is 0 Å². The van der Waals surface area contributed by atoms with Gasteiger partial charge in [0.15, 0.2) is 5.69 Å². The van der Waals surface area contributed by atoms with Gasteiger partial charge in [-0.3, -0.25) is 14.7 Å². The molecule has 3 aromatic rings. The quantitative estimate of drug-likeness (QED) is 0.467. The lowest BCUT2D eigenvalue weighted by Gasteiger charge is -2.12. The summed E-state index contributed by atoms with van der Waals surface area (Å²) in [5.41, 5.74) is 2.87. The van der Waals surface area contributed by atoms with Gasteiger partial charge in [-0.1, -0.05) is 32.9 Å². The maximum absolute atomic E-state index is 12.4. The molecule has 0 saturated heterocycles. The fraction of sp³-hybridized carbons (Fsp3) is 0.417. The molecule has 0 bridgehead atoms. The van der Waals surface area contributed by atoms with E-state index in [1.165, 1.54) is 6.20 Å². The lowest BCUT2D eigenvalue weighted by Crippen LogP contribution is -2.33. The maximum atomic E-state index is 12.4. The van der Waals surface area contributed by atoms with Crippen LogP contribution in [0.4, 0.5) is 0 Å². The number of nitrogens with zero attached hydrogens (tertiary/aromatic N) is 2. The topological polar surface area (TPSA) is 113 Å². The zero-order valence-electron chi connectivity index (χ0n) is 18.7. The standard InChI is InChI=1S/C24H29N5O3/c1-4-17(5-2)27-22(31)20-13-25-23(32-20)16-8-6-7-15(11-16)18-12-19(29-28-18)21(30)26-14-24(3)9-10-24/h6-8,11-13,17H,4-5,9-10,14H2,1-3H3,(H,26,30)(H,27,31)(H,28,29). The number of hydrogen-bond acceptors (Lipinski definition) is 5. The van der Waals surface area contributed by atoms with E-state index in [4.69, 9.17) is 4.42 Å². The Labute approximate surface area is 187 Å². The molecule has 2 aromatic heterocycles. The second-order valence-corrected chi connectivity index (χ2v) is 8.76. The van der Waals surface area contributed by atoms with Gasteiger partial charge in [-0.05, 0) is 49.3 Å². The second kappa shape index (κ2) is 8.98. The number of H-pyrrole nitrogens is 1. The molecule has 8 nitrogen and oxygen atoms in total. The van der Waals surface area contributed by atoms with Crippen molar-refractivity contribution in [3.8, 4) is 22.7 Å². The first-order valence-electron chi connectivity index (χ1n) is 11.1. The number of carbonyl (C=O) groups is 2. The third-order valence-electron chi connectivity index (χ3n) is 6.06. The summed E-state index contributed by atoms with van der Waals surface area (Å²) in [5, 5.41) is 13.0. The molecule has 0 spiro atoms. The average Bonchev–Trinajstić information content (AvgIpc) is 3.22. The van der Waals surface area contributed by atoms with E-state index in [0.717, 1.165) is 36.8 Å². The molecule has 2 amide bonds. The highest BCUT2D eigenvalue weighted by molar-refractivity contribution is 5.93. The van der Waals surface area contributed by atoms with Gasteiger partial charge < -0.3 is 15.1 Å². The van der Waals surface area contributed by atoms with Crippen molar-refractivity contribution in [3.63, 3.8) is 0 Å². The summed E-state index contributed by atoms with van der Waals surface area (Å²) in [6.45, 7) is 6.90. The van der Waals surface area contributed by atoms with E-state index in [1.807, 2.05) is 38.1 Å². The Balaban J connectivity index is 1.46. The summed E-state index contributed by atoms with van der Waals surface area (Å²) in [6, 6.07) is 9.36. The minimum Gasteiger partial charge on any atom is -0.431 e. The van der Waals surface area contributed by atoms with Crippen LogP contribution in [0, 0.1) is 5.41 Å². The SMILES string of the molecule is CCC(CC)NC(=O)c1cnc(-c2cccc(-c3cc(C(=O)NCC4(C)CC4)n[nH]3)c2)o1. The first kappa shape index (κ1) is 21.8. The molecule has 2 heterocycles. The van der Waals surface area contributed by atoms with Crippen molar-refractivity contribution in [2.75, 3.05) is 6.54 Å². The zero-order valence-corrected chi connectivity index (χ0v) is 18.7. The van der Waals surface area contributed by atoms with Crippen LogP contribution in [0.1, 0.15) is 67.5 Å². The van der Waals surface area contributed by atoms with Crippen LogP contribution in [-0.4, -0.2) is 39.6 Å². The smallest absolute Gasteiger partial charge is 0.288 e. The largest absolute Gasteiger partial charge is 0.431 e. The van der Waals surface area contributed by atoms with Gasteiger partial charge in [0, 0.05) is 23.7 Å². The van der Waals surface area contributed by atoms with Crippen molar-refractivity contribution in [2.45, 2.75) is 52.5 Å². The Bertz CT molecular complexity index is 1110. The molecule has 1 aliphatic carbocycles. The van der Waals surface area contributed by atoms with Gasteiger partial charge in [0.2, 0.25) is 11.7 Å². The average molecular weight is 436 g/mol. The Morgan fingerprint density at radius 2 is 1.91 bits per heavy atom. The number of amides is 2. The Hall–Kier alpha value is -3.42. The molecule has 8 heteroatoms. The Kier molecular flexibility index (Phi) is 6.12. The highest BCUT2D eigenvalue weighted by Crippen LogP contribution is 2.44. The van der Waals surface area contributed by atoms with E-state index < -0.39 is 0 Å². The first-order valence-corrected chi connectivity index (χ1v) is 11.1. The van der Waals surface area contributed by atoms with Crippen LogP contribution in [0.3, 0.4) is 0 Å². The van der Waals surface area contributed by atoms with Gasteiger partial charge in [-0.2, -0.15) is 5.10 Å². The normalized spacial score (nSPS) is 14.4. The van der Waals surface area contributed by atoms with Crippen molar-refractivity contribution < 1.29 is 14.0 Å². The molecule has 168 valence electrons. The Morgan fingerprint density at radius 3 is 2.62 bits per heavy atom. The van der Waals surface area contributed by atoms with E-state index >= 15 is 0 Å². The van der Waals surface area contributed by atoms with Gasteiger partial charge >= 0.3 is 0 Å². The lowest BCUT2D eigenvalue weighted by atomic mass is 10.1. The van der Waals surface area contributed by atoms with E-state index in [2.05, 4.69) is 32.7 Å². The molecule has 0 radical (unpaired) electrons. The van der Waals surface area contributed by atoms with Crippen LogP contribution in [0.5, 0.6) is 0 Å². The molecule has 0 atom stereocenters. The number of nitrogens with one attached hydrogen (secondary N) is 3. The predicted molar refractivity (Wildman–Crippen MR) is 121 cm³/mol. The fourth-order valence-corrected chi connectivity index (χ4v) is 3.44. The van der Waals surface area contributed by atoms with Gasteiger partial charge in [0.1, 0.15) is 0 Å². The van der Waals surface area contributed by atoms with Crippen LogP contribution >= 0.6 is 0 Å². The van der Waals surface area contributed by atoms with Crippen molar-refractivity contribution in [3.05, 3.63) is 48.0 Å². The molecule has 1 saturated carbocycles. The minimum atomic E-state index is -0.266. The molecular weight excluding hydrogens is 406 g/mol. The summed E-state index contributed by atoms with van der Waals surface area (Å²) in [5.74, 6) is 0.0920. The fourth-order valence-electron chi connectivity index (χ4n) is 3.44. The van der Waals surface area contributed by atoms with Crippen molar-refractivity contribution in [2.24, 2.45) is 5.41 Å². The zero-order chi connectivity index (χ0) is 22.7. The number of rotatable bonds is 9. The van der Waals surface area contributed by atoms with Crippen LogP contribution in [0.2, 0.25) is 0 Å². The molecule has 1 aliphatic rings. The van der Waals surface area contributed by atoms with Crippen molar-refractivity contribution in [1.82, 2.24) is 25.8 Å². The van der Waals surface area contributed by atoms with Gasteiger partial charge in [0.25, 0.3) is 11.8 Å². The highest BCUT2D eigenvalue weighted by atomic mass is 16.4. The van der Waals surface area contributed by atoms with Crippen molar-refractivity contribution >= 4 is 11.8 Å². The highest BCUT2D eigenvalue weighted by Gasteiger charge is 2.37. The van der Waals surface area contributed by atoms with E-state index in [0.29, 0.717) is 23.8 Å². The molecule has 32 heavy (non-hydrogen) atoms. The molecule has 1 aromatic carbocycles. The molecule has 1 fully saturated rings. The molecule has 3 N–H and O–H groups in total. The lowest BCUT2D eigenvalue weighted by molar-refractivity contribution is 0.0906. The Morgan fingerprint density at radius 1 is 1.16 bits per heavy atom. The van der Waals surface area contributed by atoms with Crippen LogP contribution < -0.4 is 10.6 Å². The van der Waals surface area contributed by atoms with Gasteiger partial charge in [0.05, 0.1) is 11.9 Å². The number of hydrogen-bond donors (Lipinski definition) is 3. The number of oxazole rings is 1. The van der Waals surface area contributed by atoms with E-state index in [1.54, 1.807) is 6.07 Å². The second-order valence-electron chi connectivity index (χ2n) is 8.76. The summed E-state index contributed by atoms with van der Waals surface area (Å²) < 4.78 is 5.71. The molecule has 4 rings (SSSR count). The number of aromatic amines is 1. The van der Waals surface area contributed by atoms with E-state index in [-0.39, 0.29) is 29.0 Å². The summed E-state index contributed by atoms with van der Waals surface area (Å²) in [7, 11) is 0. The maximum Gasteiger partial charge on any atom is 0.288 e. The summed E-state index contributed by atoms with van der Waals surface area (Å²) in [4.78, 5) is 29.0. The monoisotopic (exact) mass is 435 g/mol. The third-order valence-corrected chi connectivity index (χ3v) is 6.06. The number of benzene rings is 1. The van der Waals surface area contributed by atoms with E-state index in [9.17, 15) is 9.59 Å². The van der Waals surface area contributed by atoms with Gasteiger partial charge in [-0.25, -0.2) is 4.98 Å².